The molecular weight excluding hydrogens is 168 g/mol. The molecule has 13 heavy (non-hydrogen) atoms. The van der Waals surface area contributed by atoms with Crippen molar-refractivity contribution in [3.05, 3.63) is 17.5 Å². The van der Waals surface area contributed by atoms with Gasteiger partial charge in [-0.1, -0.05) is 0 Å². The predicted molar refractivity (Wildman–Crippen MR) is 47.7 cm³/mol. The van der Waals surface area contributed by atoms with Crippen molar-refractivity contribution in [2.75, 3.05) is 6.61 Å². The Kier molecular flexibility index (Phi) is 3.37. The summed E-state index contributed by atoms with van der Waals surface area (Å²) in [6, 6.07) is 0.370. The van der Waals surface area contributed by atoms with Gasteiger partial charge in [0.2, 0.25) is 0 Å². The van der Waals surface area contributed by atoms with Gasteiger partial charge < -0.3 is 9.53 Å². The second kappa shape index (κ2) is 4.54. The topological polar surface area (TPSA) is 52.1 Å². The molecule has 4 nitrogen and oxygen atoms in total. The van der Waals surface area contributed by atoms with E-state index in [1.807, 2.05) is 13.8 Å². The minimum Gasteiger partial charge on any atom is -0.464 e. The fourth-order valence-corrected chi connectivity index (χ4v) is 0.960. The van der Waals surface area contributed by atoms with Crippen molar-refractivity contribution < 1.29 is 9.53 Å². The average Bonchev–Trinajstić information content (AvgIpc) is 2.10. The summed E-state index contributed by atoms with van der Waals surface area (Å²) in [5, 5.41) is 0. The molecule has 0 aliphatic carbocycles. The molecule has 0 N–H and O–H groups in total. The molecule has 0 unspecified atom stereocenters. The normalized spacial score (nSPS) is 9.69. The van der Waals surface area contributed by atoms with Crippen LogP contribution in [0.25, 0.3) is 0 Å². The van der Waals surface area contributed by atoms with Crippen LogP contribution in [0, 0.1) is 6.92 Å². The van der Waals surface area contributed by atoms with Crippen LogP contribution < -0.4 is 4.74 Å². The largest absolute Gasteiger partial charge is 0.464 e. The fraction of sp³-hybridized carbons (Fsp3) is 0.444. The molecule has 0 amide bonds. The molecule has 0 aliphatic rings. The van der Waals surface area contributed by atoms with Gasteiger partial charge in [-0.25, -0.2) is 9.97 Å². The van der Waals surface area contributed by atoms with Gasteiger partial charge in [-0.2, -0.15) is 0 Å². The Morgan fingerprint density at radius 1 is 1.62 bits per heavy atom. The molecule has 0 aliphatic heterocycles. The zero-order valence-electron chi connectivity index (χ0n) is 7.78. The molecule has 0 atom stereocenters. The van der Waals surface area contributed by atoms with E-state index in [-0.39, 0.29) is 0 Å². The smallest absolute Gasteiger partial charge is 0.316 e. The number of hydrogen-bond acceptors (Lipinski definition) is 4. The quantitative estimate of drug-likeness (QED) is 0.647. The van der Waals surface area contributed by atoms with Crippen LogP contribution in [0.3, 0.4) is 0 Å². The molecule has 0 saturated heterocycles. The molecular formula is C9H12N2O2. The first-order chi connectivity index (χ1) is 6.27. The Hall–Kier alpha value is -1.45. The summed E-state index contributed by atoms with van der Waals surface area (Å²) in [6.07, 6.45) is 2.83. The van der Waals surface area contributed by atoms with Gasteiger partial charge in [-0.15, -0.1) is 0 Å². The van der Waals surface area contributed by atoms with Gasteiger partial charge in [0.1, 0.15) is 6.29 Å². The van der Waals surface area contributed by atoms with Gasteiger partial charge in [-0.05, 0) is 19.4 Å². The molecule has 0 aromatic carbocycles. The highest BCUT2D eigenvalue weighted by Gasteiger charge is 2.02. The van der Waals surface area contributed by atoms with E-state index in [1.165, 1.54) is 0 Å². The molecule has 4 heteroatoms. The summed E-state index contributed by atoms with van der Waals surface area (Å²) in [4.78, 5) is 18.3. The lowest BCUT2D eigenvalue weighted by atomic mass is 10.2. The highest BCUT2D eigenvalue weighted by molar-refractivity contribution is 5.55. The Bertz CT molecular complexity index is 300. The third-order valence-electron chi connectivity index (χ3n) is 1.64. The van der Waals surface area contributed by atoms with E-state index in [2.05, 4.69) is 9.97 Å². The lowest BCUT2D eigenvalue weighted by Gasteiger charge is -2.03. The summed E-state index contributed by atoms with van der Waals surface area (Å²) in [5.41, 5.74) is 1.64. The molecule has 1 aromatic rings. The van der Waals surface area contributed by atoms with Gasteiger partial charge in [0, 0.05) is 18.3 Å². The summed E-state index contributed by atoms with van der Waals surface area (Å²) < 4.78 is 5.11. The number of hydrogen-bond donors (Lipinski definition) is 0. The maximum Gasteiger partial charge on any atom is 0.316 e. The van der Waals surface area contributed by atoms with Gasteiger partial charge in [0.25, 0.3) is 0 Å². The fourth-order valence-electron chi connectivity index (χ4n) is 0.960. The molecule has 1 rings (SSSR count). The van der Waals surface area contributed by atoms with Crippen LogP contribution in [-0.2, 0) is 11.2 Å². The van der Waals surface area contributed by atoms with E-state index in [0.29, 0.717) is 19.0 Å². The van der Waals surface area contributed by atoms with E-state index in [4.69, 9.17) is 4.74 Å². The van der Waals surface area contributed by atoms with Crippen molar-refractivity contribution in [1.29, 1.82) is 0 Å². The number of aryl methyl sites for hydroxylation is 1. The van der Waals surface area contributed by atoms with Crippen LogP contribution in [0.15, 0.2) is 6.20 Å². The zero-order chi connectivity index (χ0) is 9.68. The van der Waals surface area contributed by atoms with Crippen molar-refractivity contribution in [3.63, 3.8) is 0 Å². The van der Waals surface area contributed by atoms with Crippen molar-refractivity contribution in [2.24, 2.45) is 0 Å². The highest BCUT2D eigenvalue weighted by Crippen LogP contribution is 2.08. The Morgan fingerprint density at radius 3 is 2.92 bits per heavy atom. The molecule has 0 bridgehead atoms. The lowest BCUT2D eigenvalue weighted by molar-refractivity contribution is -0.107. The number of rotatable bonds is 4. The second-order valence-electron chi connectivity index (χ2n) is 2.57. The minimum absolute atomic E-state index is 0.359. The third-order valence-corrected chi connectivity index (χ3v) is 1.64. The number of nitrogens with zero attached hydrogens (tertiary/aromatic N) is 2. The molecule has 0 saturated carbocycles. The third kappa shape index (κ3) is 2.50. The van der Waals surface area contributed by atoms with Crippen molar-refractivity contribution in [2.45, 2.75) is 20.3 Å². The van der Waals surface area contributed by atoms with Gasteiger partial charge in [0.05, 0.1) is 6.61 Å². The predicted octanol–water partition coefficient (Wildman–Crippen LogP) is 0.925. The number of carbonyl (C=O) groups is 1. The van der Waals surface area contributed by atoms with E-state index in [9.17, 15) is 4.79 Å². The maximum absolute atomic E-state index is 10.3. The first kappa shape index (κ1) is 9.64. The van der Waals surface area contributed by atoms with E-state index in [0.717, 1.165) is 17.5 Å². The Labute approximate surface area is 77.0 Å². The zero-order valence-corrected chi connectivity index (χ0v) is 7.78. The highest BCUT2D eigenvalue weighted by atomic mass is 16.5. The molecule has 70 valence electrons. The minimum atomic E-state index is 0.359. The van der Waals surface area contributed by atoms with Crippen LogP contribution in [0.5, 0.6) is 6.01 Å². The van der Waals surface area contributed by atoms with Crippen molar-refractivity contribution >= 4 is 6.29 Å². The van der Waals surface area contributed by atoms with Crippen molar-refractivity contribution in [1.82, 2.24) is 9.97 Å². The average molecular weight is 180 g/mol. The lowest BCUT2D eigenvalue weighted by Crippen LogP contribution is -2.01. The van der Waals surface area contributed by atoms with E-state index >= 15 is 0 Å². The van der Waals surface area contributed by atoms with E-state index < -0.39 is 0 Å². The number of ether oxygens (including phenoxy) is 1. The summed E-state index contributed by atoms with van der Waals surface area (Å²) in [6.45, 7) is 4.26. The van der Waals surface area contributed by atoms with Gasteiger partial charge in [-0.3, -0.25) is 0 Å². The first-order valence-electron chi connectivity index (χ1n) is 4.17. The summed E-state index contributed by atoms with van der Waals surface area (Å²) in [5.74, 6) is 0. The maximum atomic E-state index is 10.3. The SMILES string of the molecule is CCOc1ncc(CC=O)c(C)n1. The van der Waals surface area contributed by atoms with Crippen molar-refractivity contribution in [3.8, 4) is 6.01 Å². The standard InChI is InChI=1S/C9H12N2O2/c1-3-13-9-10-6-8(4-5-12)7(2)11-9/h5-6H,3-4H2,1-2H3. The molecule has 0 fully saturated rings. The summed E-state index contributed by atoms with van der Waals surface area (Å²) >= 11 is 0. The number of carbonyl (C=O) groups excluding carboxylic acids is 1. The van der Waals surface area contributed by atoms with Crippen LogP contribution in [0.2, 0.25) is 0 Å². The second-order valence-corrected chi connectivity index (χ2v) is 2.57. The Balaban J connectivity index is 2.84. The van der Waals surface area contributed by atoms with Gasteiger partial charge in [0.15, 0.2) is 0 Å². The molecule has 1 aromatic heterocycles. The van der Waals surface area contributed by atoms with Gasteiger partial charge >= 0.3 is 6.01 Å². The number of aldehydes is 1. The monoisotopic (exact) mass is 180 g/mol. The molecule has 0 spiro atoms. The van der Waals surface area contributed by atoms with Crippen LogP contribution in [0.1, 0.15) is 18.2 Å². The molecule has 0 radical (unpaired) electrons. The first-order valence-corrected chi connectivity index (χ1v) is 4.17. The number of aromatic nitrogens is 2. The summed E-state index contributed by atoms with van der Waals surface area (Å²) in [7, 11) is 0. The van der Waals surface area contributed by atoms with E-state index in [1.54, 1.807) is 6.20 Å². The van der Waals surface area contributed by atoms with Crippen LogP contribution in [-0.4, -0.2) is 22.9 Å². The Morgan fingerprint density at radius 2 is 2.38 bits per heavy atom. The van der Waals surface area contributed by atoms with Crippen LogP contribution in [0.4, 0.5) is 0 Å². The molecule has 1 heterocycles. The van der Waals surface area contributed by atoms with Crippen LogP contribution >= 0.6 is 0 Å².